The van der Waals surface area contributed by atoms with Crippen molar-refractivity contribution in [3.05, 3.63) is 18.0 Å². The number of rotatable bonds is 4. The molecule has 1 fully saturated rings. The summed E-state index contributed by atoms with van der Waals surface area (Å²) in [5.74, 6) is 0. The standard InChI is InChI=1S/C13H23N3O/c1-4-14-12(11-9-15-16(3)10-11)13(2)7-5-6-8-17-13/h9-10,12,14H,4-8H2,1-3H3. The van der Waals surface area contributed by atoms with Crippen molar-refractivity contribution in [1.82, 2.24) is 15.1 Å². The molecule has 0 bridgehead atoms. The molecule has 0 aromatic carbocycles. The van der Waals surface area contributed by atoms with Gasteiger partial charge in [-0.05, 0) is 32.7 Å². The van der Waals surface area contributed by atoms with Crippen molar-refractivity contribution in [2.75, 3.05) is 13.2 Å². The van der Waals surface area contributed by atoms with Crippen LogP contribution in [0.3, 0.4) is 0 Å². The maximum atomic E-state index is 6.04. The molecule has 17 heavy (non-hydrogen) atoms. The highest BCUT2D eigenvalue weighted by Crippen LogP contribution is 2.36. The van der Waals surface area contributed by atoms with E-state index in [-0.39, 0.29) is 11.6 Å². The third-order valence-corrected chi connectivity index (χ3v) is 3.58. The predicted octanol–water partition coefficient (Wildman–Crippen LogP) is 2.03. The Labute approximate surface area is 103 Å². The van der Waals surface area contributed by atoms with Gasteiger partial charge in [-0.15, -0.1) is 0 Å². The minimum atomic E-state index is -0.0999. The molecule has 4 heteroatoms. The number of aryl methyl sites for hydroxylation is 1. The van der Waals surface area contributed by atoms with E-state index in [0.717, 1.165) is 19.6 Å². The fraction of sp³-hybridized carbons (Fsp3) is 0.769. The fourth-order valence-corrected chi connectivity index (χ4v) is 2.66. The molecule has 1 aliphatic heterocycles. The molecule has 1 aromatic heterocycles. The molecular formula is C13H23N3O. The maximum absolute atomic E-state index is 6.04. The topological polar surface area (TPSA) is 39.1 Å². The first-order valence-electron chi connectivity index (χ1n) is 6.51. The molecule has 0 amide bonds. The van der Waals surface area contributed by atoms with E-state index in [0.29, 0.717) is 0 Å². The van der Waals surface area contributed by atoms with Crippen LogP contribution in [-0.4, -0.2) is 28.5 Å². The Balaban J connectivity index is 2.21. The van der Waals surface area contributed by atoms with Gasteiger partial charge in [0.15, 0.2) is 0 Å². The molecule has 4 nitrogen and oxygen atoms in total. The lowest BCUT2D eigenvalue weighted by Crippen LogP contribution is -2.45. The molecule has 2 heterocycles. The summed E-state index contributed by atoms with van der Waals surface area (Å²) in [7, 11) is 1.95. The number of ether oxygens (including phenoxy) is 1. The zero-order valence-corrected chi connectivity index (χ0v) is 11.1. The molecule has 0 saturated carbocycles. The number of likely N-dealkylation sites (N-methyl/N-ethyl adjacent to an activating group) is 1. The van der Waals surface area contributed by atoms with Gasteiger partial charge in [0.2, 0.25) is 0 Å². The van der Waals surface area contributed by atoms with Crippen LogP contribution in [0.2, 0.25) is 0 Å². The van der Waals surface area contributed by atoms with E-state index >= 15 is 0 Å². The molecule has 2 atom stereocenters. The number of nitrogens with zero attached hydrogens (tertiary/aromatic N) is 2. The predicted molar refractivity (Wildman–Crippen MR) is 67.8 cm³/mol. The van der Waals surface area contributed by atoms with Crippen molar-refractivity contribution in [3.63, 3.8) is 0 Å². The lowest BCUT2D eigenvalue weighted by atomic mass is 9.85. The zero-order valence-electron chi connectivity index (χ0n) is 11.1. The third-order valence-electron chi connectivity index (χ3n) is 3.58. The van der Waals surface area contributed by atoms with Gasteiger partial charge in [-0.2, -0.15) is 5.10 Å². The Morgan fingerprint density at radius 1 is 1.59 bits per heavy atom. The Hall–Kier alpha value is -0.870. The van der Waals surface area contributed by atoms with Crippen LogP contribution in [0.25, 0.3) is 0 Å². The first-order valence-corrected chi connectivity index (χ1v) is 6.51. The van der Waals surface area contributed by atoms with Crippen molar-refractivity contribution in [2.45, 2.75) is 44.8 Å². The highest BCUT2D eigenvalue weighted by atomic mass is 16.5. The smallest absolute Gasteiger partial charge is 0.0849 e. The minimum Gasteiger partial charge on any atom is -0.373 e. The summed E-state index contributed by atoms with van der Waals surface area (Å²) >= 11 is 0. The minimum absolute atomic E-state index is 0.0999. The average Bonchev–Trinajstić information content (AvgIpc) is 2.73. The monoisotopic (exact) mass is 237 g/mol. The number of hydrogen-bond acceptors (Lipinski definition) is 3. The van der Waals surface area contributed by atoms with E-state index in [1.165, 1.54) is 18.4 Å². The van der Waals surface area contributed by atoms with Crippen LogP contribution in [-0.2, 0) is 11.8 Å². The lowest BCUT2D eigenvalue weighted by molar-refractivity contribution is -0.0895. The number of hydrogen-bond donors (Lipinski definition) is 1. The van der Waals surface area contributed by atoms with Crippen LogP contribution in [0.4, 0.5) is 0 Å². The Bertz CT molecular complexity index is 355. The SMILES string of the molecule is CCNC(c1cnn(C)c1)C1(C)CCCCO1. The molecule has 0 radical (unpaired) electrons. The normalized spacial score (nSPS) is 27.0. The first-order chi connectivity index (χ1) is 8.15. The van der Waals surface area contributed by atoms with Gasteiger partial charge in [0, 0.05) is 25.4 Å². The van der Waals surface area contributed by atoms with Crippen LogP contribution in [0.5, 0.6) is 0 Å². The van der Waals surface area contributed by atoms with Crippen molar-refractivity contribution in [3.8, 4) is 0 Å². The number of nitrogens with one attached hydrogen (secondary N) is 1. The van der Waals surface area contributed by atoms with E-state index in [9.17, 15) is 0 Å². The molecule has 2 unspecified atom stereocenters. The average molecular weight is 237 g/mol. The van der Waals surface area contributed by atoms with Gasteiger partial charge in [-0.3, -0.25) is 4.68 Å². The van der Waals surface area contributed by atoms with Crippen molar-refractivity contribution in [2.24, 2.45) is 7.05 Å². The highest BCUT2D eigenvalue weighted by molar-refractivity contribution is 5.16. The Morgan fingerprint density at radius 3 is 2.94 bits per heavy atom. The van der Waals surface area contributed by atoms with Crippen LogP contribution in [0.15, 0.2) is 12.4 Å². The summed E-state index contributed by atoms with van der Waals surface area (Å²) < 4.78 is 7.90. The zero-order chi connectivity index (χ0) is 12.3. The molecule has 2 rings (SSSR count). The summed E-state index contributed by atoms with van der Waals surface area (Å²) in [4.78, 5) is 0. The van der Waals surface area contributed by atoms with Gasteiger partial charge in [0.1, 0.15) is 0 Å². The van der Waals surface area contributed by atoms with Crippen LogP contribution in [0, 0.1) is 0 Å². The molecule has 1 aliphatic rings. The highest BCUT2D eigenvalue weighted by Gasteiger charge is 2.37. The molecule has 1 aromatic rings. The molecule has 96 valence electrons. The molecule has 1 saturated heterocycles. The van der Waals surface area contributed by atoms with E-state index < -0.39 is 0 Å². The maximum Gasteiger partial charge on any atom is 0.0849 e. The van der Waals surface area contributed by atoms with E-state index in [1.54, 1.807) is 0 Å². The summed E-state index contributed by atoms with van der Waals surface area (Å²) in [5.41, 5.74) is 1.12. The van der Waals surface area contributed by atoms with Crippen LogP contribution >= 0.6 is 0 Å². The van der Waals surface area contributed by atoms with Gasteiger partial charge >= 0.3 is 0 Å². The van der Waals surface area contributed by atoms with Gasteiger partial charge in [-0.1, -0.05) is 6.92 Å². The molecule has 0 aliphatic carbocycles. The Morgan fingerprint density at radius 2 is 2.41 bits per heavy atom. The largest absolute Gasteiger partial charge is 0.373 e. The summed E-state index contributed by atoms with van der Waals surface area (Å²) in [6, 6.07) is 0.238. The summed E-state index contributed by atoms with van der Waals surface area (Å²) in [5, 5.41) is 7.81. The molecular weight excluding hydrogens is 214 g/mol. The van der Waals surface area contributed by atoms with E-state index in [2.05, 4.69) is 30.5 Å². The van der Waals surface area contributed by atoms with Crippen LogP contribution in [0.1, 0.15) is 44.7 Å². The third kappa shape index (κ3) is 2.69. The van der Waals surface area contributed by atoms with Crippen molar-refractivity contribution >= 4 is 0 Å². The van der Waals surface area contributed by atoms with E-state index in [4.69, 9.17) is 4.74 Å². The first kappa shape index (κ1) is 12.6. The van der Waals surface area contributed by atoms with E-state index in [1.807, 2.05) is 17.9 Å². The van der Waals surface area contributed by atoms with Crippen molar-refractivity contribution in [1.29, 1.82) is 0 Å². The van der Waals surface area contributed by atoms with Gasteiger partial charge in [0.25, 0.3) is 0 Å². The summed E-state index contributed by atoms with van der Waals surface area (Å²) in [6.07, 6.45) is 7.56. The lowest BCUT2D eigenvalue weighted by Gasteiger charge is -2.40. The van der Waals surface area contributed by atoms with Gasteiger partial charge in [0.05, 0.1) is 17.8 Å². The fourth-order valence-electron chi connectivity index (χ4n) is 2.66. The number of aromatic nitrogens is 2. The Kier molecular flexibility index (Phi) is 3.84. The van der Waals surface area contributed by atoms with Gasteiger partial charge in [-0.25, -0.2) is 0 Å². The van der Waals surface area contributed by atoms with Crippen LogP contribution < -0.4 is 5.32 Å². The quantitative estimate of drug-likeness (QED) is 0.871. The summed E-state index contributed by atoms with van der Waals surface area (Å²) in [6.45, 7) is 6.17. The second-order valence-corrected chi connectivity index (χ2v) is 5.06. The molecule has 1 N–H and O–H groups in total. The van der Waals surface area contributed by atoms with Gasteiger partial charge < -0.3 is 10.1 Å². The second-order valence-electron chi connectivity index (χ2n) is 5.06. The second kappa shape index (κ2) is 5.19. The molecule has 0 spiro atoms. The van der Waals surface area contributed by atoms with Crippen molar-refractivity contribution < 1.29 is 4.74 Å².